The molecule has 15 heavy (non-hydrogen) atoms. The Morgan fingerprint density at radius 2 is 2.33 bits per heavy atom. The van der Waals surface area contributed by atoms with Gasteiger partial charge in [0.25, 0.3) is 0 Å². The van der Waals surface area contributed by atoms with Crippen molar-refractivity contribution in [3.8, 4) is 17.9 Å². The molecule has 72 valence electrons. The minimum absolute atomic E-state index is 0.00210. The first kappa shape index (κ1) is 10.6. The Morgan fingerprint density at radius 1 is 1.53 bits per heavy atom. The molecule has 0 bridgehead atoms. The highest BCUT2D eigenvalue weighted by Crippen LogP contribution is 2.10. The third-order valence-corrected chi connectivity index (χ3v) is 1.56. The Labute approximate surface area is 85.6 Å². The molecule has 0 aromatic heterocycles. The van der Waals surface area contributed by atoms with E-state index in [4.69, 9.17) is 10.8 Å². The average Bonchev–Trinajstić information content (AvgIpc) is 2.24. The summed E-state index contributed by atoms with van der Waals surface area (Å²) in [5.41, 5.74) is 8.19. The minimum Gasteiger partial charge on any atom is -0.205 e. The molecular formula is C10H5FN4. The predicted molar refractivity (Wildman–Crippen MR) is 52.0 cm³/mol. The van der Waals surface area contributed by atoms with Gasteiger partial charge in [0.2, 0.25) is 0 Å². The van der Waals surface area contributed by atoms with Crippen molar-refractivity contribution in [1.29, 1.82) is 5.26 Å². The van der Waals surface area contributed by atoms with Crippen molar-refractivity contribution < 1.29 is 4.39 Å². The second kappa shape index (κ2) is 5.29. The van der Waals surface area contributed by atoms with Gasteiger partial charge in [0, 0.05) is 10.5 Å². The monoisotopic (exact) mass is 200 g/mol. The van der Waals surface area contributed by atoms with Crippen molar-refractivity contribution >= 4 is 0 Å². The Bertz CT molecular complexity index is 512. The van der Waals surface area contributed by atoms with Crippen molar-refractivity contribution in [2.45, 2.75) is 0 Å². The molecule has 5 heteroatoms. The number of nitrogens with zero attached hydrogens (tertiary/aromatic N) is 4. The van der Waals surface area contributed by atoms with Gasteiger partial charge in [0.05, 0.1) is 6.54 Å². The zero-order chi connectivity index (χ0) is 11.1. The van der Waals surface area contributed by atoms with E-state index >= 15 is 0 Å². The summed E-state index contributed by atoms with van der Waals surface area (Å²) in [4.78, 5) is 2.51. The highest BCUT2D eigenvalue weighted by Gasteiger charge is 2.04. The summed E-state index contributed by atoms with van der Waals surface area (Å²) in [6, 6.07) is 5.91. The van der Waals surface area contributed by atoms with Gasteiger partial charge >= 0.3 is 0 Å². The van der Waals surface area contributed by atoms with Crippen LogP contribution in [0, 0.1) is 29.0 Å². The van der Waals surface area contributed by atoms with E-state index in [0.29, 0.717) is 5.56 Å². The number of halogens is 1. The molecule has 0 fully saturated rings. The number of rotatable bonds is 1. The zero-order valence-corrected chi connectivity index (χ0v) is 7.61. The number of nitriles is 1. The minimum atomic E-state index is -0.604. The van der Waals surface area contributed by atoms with Crippen LogP contribution in [0.5, 0.6) is 0 Å². The molecule has 0 atom stereocenters. The molecule has 0 radical (unpaired) electrons. The van der Waals surface area contributed by atoms with Crippen molar-refractivity contribution in [3.05, 3.63) is 45.6 Å². The quantitative estimate of drug-likeness (QED) is 0.297. The van der Waals surface area contributed by atoms with E-state index in [-0.39, 0.29) is 12.1 Å². The fourth-order valence-corrected chi connectivity index (χ4v) is 0.944. The van der Waals surface area contributed by atoms with Crippen LogP contribution in [0.25, 0.3) is 10.4 Å². The normalized spacial score (nSPS) is 8.00. The zero-order valence-electron chi connectivity index (χ0n) is 7.61. The van der Waals surface area contributed by atoms with E-state index in [1.54, 1.807) is 6.07 Å². The summed E-state index contributed by atoms with van der Waals surface area (Å²) in [7, 11) is 0. The fraction of sp³-hybridized carbons (Fsp3) is 0.100. The molecule has 4 nitrogen and oxygen atoms in total. The second-order valence-electron chi connectivity index (χ2n) is 2.46. The number of benzene rings is 1. The van der Waals surface area contributed by atoms with Gasteiger partial charge in [-0.2, -0.15) is 5.26 Å². The Kier molecular flexibility index (Phi) is 3.73. The molecule has 0 aliphatic rings. The van der Waals surface area contributed by atoms with Crippen LogP contribution in [0.1, 0.15) is 11.1 Å². The molecule has 0 unspecified atom stereocenters. The maximum absolute atomic E-state index is 13.1. The molecule has 0 aliphatic heterocycles. The summed E-state index contributed by atoms with van der Waals surface area (Å²) >= 11 is 0. The van der Waals surface area contributed by atoms with Gasteiger partial charge in [-0.15, -0.1) is 0 Å². The molecule has 1 rings (SSSR count). The van der Waals surface area contributed by atoms with E-state index in [1.807, 2.05) is 0 Å². The molecule has 0 saturated heterocycles. The van der Waals surface area contributed by atoms with Gasteiger partial charge in [-0.1, -0.05) is 23.0 Å². The third-order valence-electron chi connectivity index (χ3n) is 1.56. The van der Waals surface area contributed by atoms with E-state index < -0.39 is 5.82 Å². The van der Waals surface area contributed by atoms with E-state index in [9.17, 15) is 4.39 Å². The summed E-state index contributed by atoms with van der Waals surface area (Å²) in [5, 5.41) is 11.9. The maximum Gasteiger partial charge on any atom is 0.142 e. The Morgan fingerprint density at radius 3 is 3.00 bits per heavy atom. The number of azide groups is 1. The van der Waals surface area contributed by atoms with Crippen LogP contribution in [-0.2, 0) is 0 Å². The van der Waals surface area contributed by atoms with Gasteiger partial charge in [0.1, 0.15) is 17.4 Å². The van der Waals surface area contributed by atoms with Crippen LogP contribution in [0.15, 0.2) is 23.3 Å². The summed E-state index contributed by atoms with van der Waals surface area (Å²) in [6.45, 7) is -0.00210. The van der Waals surface area contributed by atoms with Gasteiger partial charge < -0.3 is 0 Å². The average molecular weight is 200 g/mol. The first-order chi connectivity index (χ1) is 7.29. The van der Waals surface area contributed by atoms with Gasteiger partial charge in [0.15, 0.2) is 0 Å². The van der Waals surface area contributed by atoms with Crippen LogP contribution in [0.2, 0.25) is 0 Å². The van der Waals surface area contributed by atoms with Gasteiger partial charge in [-0.05, 0) is 17.7 Å². The van der Waals surface area contributed by atoms with Crippen LogP contribution in [0.3, 0.4) is 0 Å². The lowest BCUT2D eigenvalue weighted by Crippen LogP contribution is -1.88. The van der Waals surface area contributed by atoms with E-state index in [0.717, 1.165) is 0 Å². The second-order valence-corrected chi connectivity index (χ2v) is 2.46. The summed E-state index contributed by atoms with van der Waals surface area (Å²) in [5.74, 6) is 4.48. The molecule has 0 N–H and O–H groups in total. The molecular weight excluding hydrogens is 195 g/mol. The topological polar surface area (TPSA) is 72.5 Å². The first-order valence-electron chi connectivity index (χ1n) is 3.98. The smallest absolute Gasteiger partial charge is 0.142 e. The van der Waals surface area contributed by atoms with Crippen LogP contribution in [0.4, 0.5) is 4.39 Å². The third kappa shape index (κ3) is 2.73. The van der Waals surface area contributed by atoms with Crippen molar-refractivity contribution in [1.82, 2.24) is 0 Å². The molecule has 0 saturated carbocycles. The van der Waals surface area contributed by atoms with E-state index in [2.05, 4.69) is 21.9 Å². The van der Waals surface area contributed by atoms with Crippen LogP contribution < -0.4 is 0 Å². The van der Waals surface area contributed by atoms with Crippen molar-refractivity contribution in [2.75, 3.05) is 6.54 Å². The summed E-state index contributed by atoms with van der Waals surface area (Å²) < 4.78 is 13.1. The number of hydrogen-bond acceptors (Lipinski definition) is 2. The molecule has 0 aliphatic carbocycles. The molecule has 0 heterocycles. The molecule has 0 spiro atoms. The Balaban J connectivity index is 3.03. The highest BCUT2D eigenvalue weighted by molar-refractivity contribution is 5.48. The molecule has 0 amide bonds. The Hall–Kier alpha value is -2.49. The lowest BCUT2D eigenvalue weighted by atomic mass is 10.1. The largest absolute Gasteiger partial charge is 0.205 e. The number of hydrogen-bond donors (Lipinski definition) is 0. The molecule has 1 aromatic rings. The lowest BCUT2D eigenvalue weighted by molar-refractivity contribution is 0.623. The molecule has 1 aromatic carbocycles. The summed E-state index contributed by atoms with van der Waals surface area (Å²) in [6.07, 6.45) is 0. The fourth-order valence-electron chi connectivity index (χ4n) is 0.944. The standard InChI is InChI=1S/C10H5FN4/c11-10-5-1-3-8(9(10)7-12)4-2-6-14-15-13/h1,3,5H,6H2. The lowest BCUT2D eigenvalue weighted by Gasteiger charge is -1.95. The maximum atomic E-state index is 13.1. The van der Waals surface area contributed by atoms with Gasteiger partial charge in [-0.3, -0.25) is 0 Å². The first-order valence-corrected chi connectivity index (χ1v) is 3.98. The van der Waals surface area contributed by atoms with Crippen LogP contribution in [-0.4, -0.2) is 6.54 Å². The highest BCUT2D eigenvalue weighted by atomic mass is 19.1. The van der Waals surface area contributed by atoms with Gasteiger partial charge in [-0.25, -0.2) is 4.39 Å². The SMILES string of the molecule is N#Cc1c(F)cccc1C#CCN=[N+]=[N-]. The van der Waals surface area contributed by atoms with Crippen LogP contribution >= 0.6 is 0 Å². The van der Waals surface area contributed by atoms with Crippen molar-refractivity contribution in [3.63, 3.8) is 0 Å². The van der Waals surface area contributed by atoms with Crippen molar-refractivity contribution in [2.24, 2.45) is 5.11 Å². The predicted octanol–water partition coefficient (Wildman–Crippen LogP) is 2.36. The van der Waals surface area contributed by atoms with E-state index in [1.165, 1.54) is 18.2 Å².